The summed E-state index contributed by atoms with van der Waals surface area (Å²) in [6, 6.07) is 0. The van der Waals surface area contributed by atoms with Crippen LogP contribution in [0.4, 0.5) is 8.78 Å². The Labute approximate surface area is 60.6 Å². The van der Waals surface area contributed by atoms with Gasteiger partial charge in [-0.15, -0.1) is 0 Å². The molecule has 1 fully saturated rings. The predicted octanol–water partition coefficient (Wildman–Crippen LogP) is 3.08. The van der Waals surface area contributed by atoms with Crippen molar-refractivity contribution in [1.29, 1.82) is 0 Å². The zero-order chi connectivity index (χ0) is 7.78. The van der Waals surface area contributed by atoms with Crippen molar-refractivity contribution in [2.45, 2.75) is 39.0 Å². The molecule has 1 aliphatic rings. The topological polar surface area (TPSA) is 0 Å². The van der Waals surface area contributed by atoms with E-state index in [-0.39, 0.29) is 18.3 Å². The summed E-state index contributed by atoms with van der Waals surface area (Å²) in [4.78, 5) is 0. The van der Waals surface area contributed by atoms with Gasteiger partial charge in [-0.05, 0) is 18.8 Å². The van der Waals surface area contributed by atoms with Crippen molar-refractivity contribution in [3.8, 4) is 0 Å². The third-order valence-corrected chi connectivity index (χ3v) is 1.86. The molecule has 0 aromatic heterocycles. The lowest BCUT2D eigenvalue weighted by Crippen LogP contribution is -2.21. The van der Waals surface area contributed by atoms with Crippen LogP contribution in [0.5, 0.6) is 0 Å². The number of alkyl halides is 2. The van der Waals surface area contributed by atoms with Crippen LogP contribution in [0.25, 0.3) is 0 Å². The molecule has 0 radical (unpaired) electrons. The Bertz CT molecular complexity index is 114. The molecule has 0 saturated heterocycles. The van der Waals surface area contributed by atoms with E-state index in [1.165, 1.54) is 0 Å². The Hall–Kier alpha value is -0.140. The van der Waals surface area contributed by atoms with E-state index in [4.69, 9.17) is 0 Å². The summed E-state index contributed by atoms with van der Waals surface area (Å²) in [5.74, 6) is -2.53. The minimum atomic E-state index is -2.37. The van der Waals surface area contributed by atoms with Crippen LogP contribution in [0.2, 0.25) is 0 Å². The Morgan fingerprint density at radius 3 is 2.20 bits per heavy atom. The van der Waals surface area contributed by atoms with Crippen molar-refractivity contribution in [2.24, 2.45) is 11.8 Å². The van der Waals surface area contributed by atoms with Crippen LogP contribution in [0.3, 0.4) is 0 Å². The van der Waals surface area contributed by atoms with Gasteiger partial charge in [-0.25, -0.2) is 8.78 Å². The van der Waals surface area contributed by atoms with Gasteiger partial charge in [-0.3, -0.25) is 0 Å². The molecule has 0 nitrogen and oxygen atoms in total. The lowest BCUT2D eigenvalue weighted by atomic mass is 10.0. The fourth-order valence-electron chi connectivity index (χ4n) is 1.22. The second kappa shape index (κ2) is 2.48. The summed E-state index contributed by atoms with van der Waals surface area (Å²) in [6.45, 7) is 3.69. The highest BCUT2D eigenvalue weighted by Gasteiger charge is 2.46. The fraction of sp³-hybridized carbons (Fsp3) is 1.00. The fourth-order valence-corrected chi connectivity index (χ4v) is 1.22. The molecule has 2 heteroatoms. The first-order chi connectivity index (χ1) is 4.52. The van der Waals surface area contributed by atoms with Crippen LogP contribution in [-0.4, -0.2) is 5.92 Å². The van der Waals surface area contributed by atoms with E-state index in [0.29, 0.717) is 0 Å². The third kappa shape index (κ3) is 1.93. The third-order valence-electron chi connectivity index (χ3n) is 1.86. The smallest absolute Gasteiger partial charge is 0.207 e. The van der Waals surface area contributed by atoms with Gasteiger partial charge in [-0.1, -0.05) is 13.8 Å². The SMILES string of the molecule is CC(C)CC(F)(F)C1CC1. The van der Waals surface area contributed by atoms with Crippen LogP contribution >= 0.6 is 0 Å². The van der Waals surface area contributed by atoms with Crippen molar-refractivity contribution < 1.29 is 8.78 Å². The van der Waals surface area contributed by atoms with Gasteiger partial charge in [0.05, 0.1) is 0 Å². The van der Waals surface area contributed by atoms with E-state index in [1.54, 1.807) is 0 Å². The molecular weight excluding hydrogens is 134 g/mol. The lowest BCUT2D eigenvalue weighted by molar-refractivity contribution is -0.0409. The molecule has 0 unspecified atom stereocenters. The van der Waals surface area contributed by atoms with Crippen molar-refractivity contribution in [3.63, 3.8) is 0 Å². The number of halogens is 2. The molecule has 10 heavy (non-hydrogen) atoms. The summed E-state index contributed by atoms with van der Waals surface area (Å²) in [6.07, 6.45) is 1.54. The van der Waals surface area contributed by atoms with E-state index >= 15 is 0 Å². The Kier molecular flexibility index (Phi) is 1.97. The predicted molar refractivity (Wildman–Crippen MR) is 37.1 cm³/mol. The monoisotopic (exact) mass is 148 g/mol. The highest BCUT2D eigenvalue weighted by Crippen LogP contribution is 2.46. The molecule has 60 valence electrons. The largest absolute Gasteiger partial charge is 0.251 e. The van der Waals surface area contributed by atoms with E-state index in [2.05, 4.69) is 0 Å². The lowest BCUT2D eigenvalue weighted by Gasteiger charge is -2.17. The highest BCUT2D eigenvalue weighted by atomic mass is 19.3. The van der Waals surface area contributed by atoms with Gasteiger partial charge in [0.15, 0.2) is 0 Å². The second-order valence-electron chi connectivity index (χ2n) is 3.63. The number of hydrogen-bond donors (Lipinski definition) is 0. The second-order valence-corrected chi connectivity index (χ2v) is 3.63. The maximum atomic E-state index is 12.9. The molecule has 0 heterocycles. The van der Waals surface area contributed by atoms with Crippen LogP contribution in [0, 0.1) is 11.8 Å². The first-order valence-corrected chi connectivity index (χ1v) is 3.90. The van der Waals surface area contributed by atoms with Gasteiger partial charge in [0.25, 0.3) is 5.92 Å². The molecule has 1 aliphatic carbocycles. The summed E-state index contributed by atoms with van der Waals surface area (Å²) >= 11 is 0. The highest BCUT2D eigenvalue weighted by molar-refractivity contribution is 4.87. The van der Waals surface area contributed by atoms with E-state index in [1.807, 2.05) is 13.8 Å². The van der Waals surface area contributed by atoms with Gasteiger partial charge in [0.1, 0.15) is 0 Å². The number of rotatable bonds is 3. The van der Waals surface area contributed by atoms with Gasteiger partial charge >= 0.3 is 0 Å². The number of hydrogen-bond acceptors (Lipinski definition) is 0. The maximum Gasteiger partial charge on any atom is 0.251 e. The normalized spacial score (nSPS) is 20.1. The Morgan fingerprint density at radius 2 is 1.90 bits per heavy atom. The minimum Gasteiger partial charge on any atom is -0.207 e. The van der Waals surface area contributed by atoms with E-state index < -0.39 is 5.92 Å². The molecule has 0 aliphatic heterocycles. The van der Waals surface area contributed by atoms with Crippen LogP contribution in [-0.2, 0) is 0 Å². The summed E-state index contributed by atoms with van der Waals surface area (Å²) in [7, 11) is 0. The Morgan fingerprint density at radius 1 is 1.40 bits per heavy atom. The van der Waals surface area contributed by atoms with Crippen molar-refractivity contribution >= 4 is 0 Å². The average Bonchev–Trinajstić information content (AvgIpc) is 2.35. The maximum absolute atomic E-state index is 12.9. The first kappa shape index (κ1) is 7.96. The van der Waals surface area contributed by atoms with Crippen molar-refractivity contribution in [3.05, 3.63) is 0 Å². The molecule has 0 spiro atoms. The van der Waals surface area contributed by atoms with Crippen molar-refractivity contribution in [1.82, 2.24) is 0 Å². The van der Waals surface area contributed by atoms with Crippen LogP contribution in [0.15, 0.2) is 0 Å². The average molecular weight is 148 g/mol. The quantitative estimate of drug-likeness (QED) is 0.577. The summed E-state index contributed by atoms with van der Waals surface area (Å²) < 4.78 is 25.7. The molecule has 0 N–H and O–H groups in total. The summed E-state index contributed by atoms with van der Waals surface area (Å²) in [5.41, 5.74) is 0. The zero-order valence-corrected chi connectivity index (χ0v) is 6.53. The molecule has 0 bridgehead atoms. The van der Waals surface area contributed by atoms with Crippen molar-refractivity contribution in [2.75, 3.05) is 0 Å². The Balaban J connectivity index is 2.34. The summed E-state index contributed by atoms with van der Waals surface area (Å²) in [5, 5.41) is 0. The molecule has 1 saturated carbocycles. The van der Waals surface area contributed by atoms with Gasteiger partial charge < -0.3 is 0 Å². The molecule has 0 atom stereocenters. The first-order valence-electron chi connectivity index (χ1n) is 3.90. The zero-order valence-electron chi connectivity index (χ0n) is 6.53. The standard InChI is InChI=1S/C8H14F2/c1-6(2)5-8(9,10)7-3-4-7/h6-7H,3-5H2,1-2H3. The molecule has 0 aromatic rings. The van der Waals surface area contributed by atoms with E-state index in [0.717, 1.165) is 12.8 Å². The van der Waals surface area contributed by atoms with Crippen LogP contribution < -0.4 is 0 Å². The minimum absolute atomic E-state index is 0.0671. The van der Waals surface area contributed by atoms with Gasteiger partial charge in [0.2, 0.25) is 0 Å². The molecule has 1 rings (SSSR count). The van der Waals surface area contributed by atoms with E-state index in [9.17, 15) is 8.78 Å². The molecule has 0 aromatic carbocycles. The van der Waals surface area contributed by atoms with Gasteiger partial charge in [-0.2, -0.15) is 0 Å². The van der Waals surface area contributed by atoms with Crippen LogP contribution in [0.1, 0.15) is 33.1 Å². The molecular formula is C8H14F2. The van der Waals surface area contributed by atoms with Gasteiger partial charge in [0, 0.05) is 12.3 Å². The molecule has 0 amide bonds.